The normalized spacial score (nSPS) is 21.1. The van der Waals surface area contributed by atoms with E-state index in [4.69, 9.17) is 10.7 Å². The number of amides is 3. The number of hydrogen-bond donors (Lipinski definition) is 2. The molecule has 150 valence electrons. The highest BCUT2D eigenvalue weighted by Gasteiger charge is 2.48. The van der Waals surface area contributed by atoms with Gasteiger partial charge in [-0.2, -0.15) is 0 Å². The molecule has 0 aliphatic carbocycles. The highest BCUT2D eigenvalue weighted by molar-refractivity contribution is 8.13. The number of likely N-dealkylation sites (N-methyl/N-ethyl adjacent to an activating group) is 1. The lowest BCUT2D eigenvalue weighted by Gasteiger charge is -2.36. The molecule has 3 amide bonds. The first-order chi connectivity index (χ1) is 14.0. The maximum absolute atomic E-state index is 12.6. The molecule has 0 bridgehead atoms. The molecule has 0 radical (unpaired) electrons. The molecule has 4 rings (SSSR count). The smallest absolute Gasteiger partial charge is 0.325 e. The van der Waals surface area contributed by atoms with Crippen LogP contribution in [0.3, 0.4) is 0 Å². The quantitative estimate of drug-likeness (QED) is 0.740. The lowest BCUT2D eigenvalue weighted by molar-refractivity contribution is -0.127. The molecule has 29 heavy (non-hydrogen) atoms. The number of thioether (sulfide) groups is 1. The summed E-state index contributed by atoms with van der Waals surface area (Å²) in [6, 6.07) is 17.0. The molecule has 0 spiro atoms. The third-order valence-electron chi connectivity index (χ3n) is 5.15. The second-order valence-electron chi connectivity index (χ2n) is 7.13. The molecular formula is C21H23N5O2S. The first-order valence-electron chi connectivity index (χ1n) is 9.46. The summed E-state index contributed by atoms with van der Waals surface area (Å²) < 4.78 is 0. The van der Waals surface area contributed by atoms with Gasteiger partial charge in [0.1, 0.15) is 0 Å². The SMILES string of the molecule is CN1C(=O)NC(=O)C2C1N=C(SCc1ccc(N)cc1)N2CCc1ccccc1. The maximum Gasteiger partial charge on any atom is 0.325 e. The van der Waals surface area contributed by atoms with E-state index in [-0.39, 0.29) is 5.91 Å². The summed E-state index contributed by atoms with van der Waals surface area (Å²) in [4.78, 5) is 32.9. The van der Waals surface area contributed by atoms with Crippen LogP contribution in [-0.4, -0.2) is 52.7 Å². The number of hydrogen-bond acceptors (Lipinski definition) is 6. The van der Waals surface area contributed by atoms with Gasteiger partial charge in [0.15, 0.2) is 17.4 Å². The summed E-state index contributed by atoms with van der Waals surface area (Å²) in [5.41, 5.74) is 8.81. The Labute approximate surface area is 174 Å². The highest BCUT2D eigenvalue weighted by Crippen LogP contribution is 2.30. The topological polar surface area (TPSA) is 91.0 Å². The van der Waals surface area contributed by atoms with E-state index in [1.54, 1.807) is 18.8 Å². The fourth-order valence-corrected chi connectivity index (χ4v) is 4.55. The van der Waals surface area contributed by atoms with Crippen molar-refractivity contribution in [2.45, 2.75) is 24.4 Å². The van der Waals surface area contributed by atoms with Crippen LogP contribution in [0.1, 0.15) is 11.1 Å². The fourth-order valence-electron chi connectivity index (χ4n) is 3.51. The molecule has 2 aliphatic rings. The summed E-state index contributed by atoms with van der Waals surface area (Å²) in [5, 5.41) is 3.22. The number of nitrogens with zero attached hydrogens (tertiary/aromatic N) is 3. The Bertz CT molecular complexity index is 932. The van der Waals surface area contributed by atoms with E-state index in [2.05, 4.69) is 17.4 Å². The van der Waals surface area contributed by atoms with Crippen LogP contribution in [0, 0.1) is 0 Å². The maximum atomic E-state index is 12.6. The minimum atomic E-state index is -0.504. The first kappa shape index (κ1) is 19.3. The van der Waals surface area contributed by atoms with Gasteiger partial charge in [0.2, 0.25) is 0 Å². The van der Waals surface area contributed by atoms with Gasteiger partial charge in [0, 0.05) is 25.0 Å². The van der Waals surface area contributed by atoms with E-state index < -0.39 is 18.2 Å². The van der Waals surface area contributed by atoms with E-state index in [1.807, 2.05) is 47.4 Å². The van der Waals surface area contributed by atoms with Gasteiger partial charge in [-0.15, -0.1) is 0 Å². The molecule has 2 heterocycles. The van der Waals surface area contributed by atoms with Crippen molar-refractivity contribution in [1.29, 1.82) is 0 Å². The van der Waals surface area contributed by atoms with Crippen molar-refractivity contribution in [3.63, 3.8) is 0 Å². The van der Waals surface area contributed by atoms with Crippen molar-refractivity contribution in [3.05, 3.63) is 65.7 Å². The lowest BCUT2D eigenvalue weighted by atomic mass is 10.1. The zero-order chi connectivity index (χ0) is 20.4. The molecular weight excluding hydrogens is 386 g/mol. The van der Waals surface area contributed by atoms with Crippen LogP contribution in [-0.2, 0) is 17.0 Å². The Morgan fingerprint density at radius 3 is 2.52 bits per heavy atom. The number of amidine groups is 1. The summed E-state index contributed by atoms with van der Waals surface area (Å²) >= 11 is 1.57. The third-order valence-corrected chi connectivity index (χ3v) is 6.23. The van der Waals surface area contributed by atoms with Crippen molar-refractivity contribution in [2.75, 3.05) is 19.3 Å². The number of nitrogens with one attached hydrogen (secondary N) is 1. The standard InChI is InChI=1S/C21H23N5O2S/c1-25-18-17(19(27)24-20(25)28)26(12-11-14-5-3-2-4-6-14)21(23-18)29-13-15-7-9-16(22)10-8-15/h2-10,17-18H,11-13,22H2,1H3,(H,24,27,28). The van der Waals surface area contributed by atoms with Gasteiger partial charge in [-0.1, -0.05) is 54.2 Å². The van der Waals surface area contributed by atoms with Crippen LogP contribution < -0.4 is 11.1 Å². The Hall–Kier alpha value is -3.00. The van der Waals surface area contributed by atoms with E-state index in [9.17, 15) is 9.59 Å². The summed E-state index contributed by atoms with van der Waals surface area (Å²) in [7, 11) is 1.67. The van der Waals surface area contributed by atoms with E-state index in [0.29, 0.717) is 12.3 Å². The van der Waals surface area contributed by atoms with Crippen LogP contribution in [0.5, 0.6) is 0 Å². The molecule has 0 aromatic heterocycles. The zero-order valence-electron chi connectivity index (χ0n) is 16.1. The van der Waals surface area contributed by atoms with E-state index in [0.717, 1.165) is 22.8 Å². The van der Waals surface area contributed by atoms with Gasteiger partial charge >= 0.3 is 6.03 Å². The van der Waals surface area contributed by atoms with Crippen molar-refractivity contribution < 1.29 is 9.59 Å². The number of benzene rings is 2. The van der Waals surface area contributed by atoms with Crippen LogP contribution in [0.15, 0.2) is 59.6 Å². The molecule has 8 heteroatoms. The number of carbonyl (C=O) groups excluding carboxylic acids is 2. The molecule has 2 atom stereocenters. The summed E-state index contributed by atoms with van der Waals surface area (Å²) in [6.45, 7) is 0.647. The van der Waals surface area contributed by atoms with Gasteiger partial charge in [0.25, 0.3) is 5.91 Å². The number of imide groups is 1. The number of carbonyl (C=O) groups is 2. The molecule has 2 aromatic carbocycles. The number of nitrogens with two attached hydrogens (primary N) is 1. The molecule has 2 unspecified atom stereocenters. The Kier molecular flexibility index (Phi) is 5.44. The van der Waals surface area contributed by atoms with Crippen molar-refractivity contribution >= 4 is 34.6 Å². The van der Waals surface area contributed by atoms with E-state index >= 15 is 0 Å². The number of nitrogen functional groups attached to an aromatic ring is 1. The second kappa shape index (κ2) is 8.16. The van der Waals surface area contributed by atoms with Crippen LogP contribution in [0.4, 0.5) is 10.5 Å². The molecule has 2 aromatic rings. The number of aliphatic imine (C=N–C) groups is 1. The Morgan fingerprint density at radius 1 is 1.07 bits per heavy atom. The van der Waals surface area contributed by atoms with Crippen LogP contribution in [0.25, 0.3) is 0 Å². The first-order valence-corrected chi connectivity index (χ1v) is 10.4. The number of rotatable bonds is 5. The predicted octanol–water partition coefficient (Wildman–Crippen LogP) is 2.29. The average molecular weight is 410 g/mol. The van der Waals surface area contributed by atoms with Gasteiger partial charge in [-0.25, -0.2) is 9.79 Å². The average Bonchev–Trinajstić information content (AvgIpc) is 3.10. The minimum Gasteiger partial charge on any atom is -0.399 e. The van der Waals surface area contributed by atoms with Gasteiger partial charge in [0.05, 0.1) is 0 Å². The second-order valence-corrected chi connectivity index (χ2v) is 8.08. The van der Waals surface area contributed by atoms with Crippen LogP contribution in [0.2, 0.25) is 0 Å². The highest BCUT2D eigenvalue weighted by atomic mass is 32.2. The fraction of sp³-hybridized carbons (Fsp3) is 0.286. The van der Waals surface area contributed by atoms with Gasteiger partial charge in [-0.3, -0.25) is 10.1 Å². The zero-order valence-corrected chi connectivity index (χ0v) is 16.9. The van der Waals surface area contributed by atoms with E-state index in [1.165, 1.54) is 10.5 Å². The van der Waals surface area contributed by atoms with Gasteiger partial charge < -0.3 is 15.5 Å². The minimum absolute atomic E-state index is 0.294. The third kappa shape index (κ3) is 4.07. The summed E-state index contributed by atoms with van der Waals surface area (Å²) in [6.07, 6.45) is 0.289. The molecule has 1 saturated heterocycles. The Balaban J connectivity index is 1.54. The number of urea groups is 1. The van der Waals surface area contributed by atoms with Crippen molar-refractivity contribution in [2.24, 2.45) is 4.99 Å². The molecule has 7 nitrogen and oxygen atoms in total. The lowest BCUT2D eigenvalue weighted by Crippen LogP contribution is -2.63. The molecule has 2 aliphatic heterocycles. The molecule has 0 saturated carbocycles. The molecule has 3 N–H and O–H groups in total. The number of anilines is 1. The predicted molar refractivity (Wildman–Crippen MR) is 115 cm³/mol. The Morgan fingerprint density at radius 2 is 1.79 bits per heavy atom. The largest absolute Gasteiger partial charge is 0.399 e. The molecule has 1 fully saturated rings. The van der Waals surface area contributed by atoms with Crippen LogP contribution >= 0.6 is 11.8 Å². The summed E-state index contributed by atoms with van der Waals surface area (Å²) in [5.74, 6) is 0.414. The van der Waals surface area contributed by atoms with Gasteiger partial charge in [-0.05, 0) is 29.7 Å². The number of fused-ring (bicyclic) bond motifs is 1. The monoisotopic (exact) mass is 409 g/mol. The van der Waals surface area contributed by atoms with Crippen molar-refractivity contribution in [3.8, 4) is 0 Å². The van der Waals surface area contributed by atoms with Crippen molar-refractivity contribution in [1.82, 2.24) is 15.1 Å².